The van der Waals surface area contributed by atoms with E-state index >= 15 is 0 Å². The van der Waals surface area contributed by atoms with Gasteiger partial charge in [-0.05, 0) is 25.1 Å². The van der Waals surface area contributed by atoms with Gasteiger partial charge in [0, 0.05) is 13.1 Å². The fourth-order valence-corrected chi connectivity index (χ4v) is 3.58. The molecule has 1 aliphatic rings. The molecule has 0 spiro atoms. The summed E-state index contributed by atoms with van der Waals surface area (Å²) in [5.74, 6) is -3.93. The highest BCUT2D eigenvalue weighted by Gasteiger charge is 2.29. The number of sulfone groups is 1. The Morgan fingerprint density at radius 3 is 2.36 bits per heavy atom. The fourth-order valence-electron chi connectivity index (χ4n) is 2.38. The number of carboxylic acid groups (broad SMARTS) is 1. The lowest BCUT2D eigenvalue weighted by Crippen LogP contribution is -2.51. The van der Waals surface area contributed by atoms with Crippen LogP contribution in [0, 0.1) is 5.82 Å². The number of amides is 2. The summed E-state index contributed by atoms with van der Waals surface area (Å²) in [6, 6.07) is 1.85. The van der Waals surface area contributed by atoms with Crippen LogP contribution in [-0.2, 0) is 14.6 Å². The van der Waals surface area contributed by atoms with Crippen molar-refractivity contribution in [3.63, 3.8) is 0 Å². The number of carbonyl (C=O) groups excluding carboxylic acids is 2. The summed E-state index contributed by atoms with van der Waals surface area (Å²) in [6.45, 7) is 1.50. The molecule has 1 saturated heterocycles. The van der Waals surface area contributed by atoms with Gasteiger partial charge in [-0.1, -0.05) is 0 Å². The third kappa shape index (κ3) is 4.53. The molecule has 8 nitrogen and oxygen atoms in total. The second kappa shape index (κ2) is 7.18. The van der Waals surface area contributed by atoms with Crippen molar-refractivity contribution in [2.45, 2.75) is 13.0 Å². The van der Waals surface area contributed by atoms with Crippen molar-refractivity contribution in [2.24, 2.45) is 0 Å². The molecule has 1 aromatic carbocycles. The maximum Gasteiger partial charge on any atom is 0.335 e. The van der Waals surface area contributed by atoms with Gasteiger partial charge in [0.05, 0.1) is 22.6 Å². The highest BCUT2D eigenvalue weighted by molar-refractivity contribution is 7.91. The Labute approximate surface area is 143 Å². The van der Waals surface area contributed by atoms with E-state index in [1.807, 2.05) is 0 Å². The van der Waals surface area contributed by atoms with Gasteiger partial charge in [0.25, 0.3) is 5.91 Å². The lowest BCUT2D eigenvalue weighted by atomic mass is 10.1. The van der Waals surface area contributed by atoms with Crippen molar-refractivity contribution in [3.8, 4) is 0 Å². The van der Waals surface area contributed by atoms with Gasteiger partial charge in [-0.3, -0.25) is 9.59 Å². The van der Waals surface area contributed by atoms with Crippen molar-refractivity contribution in [3.05, 3.63) is 35.1 Å². The molecule has 1 aliphatic heterocycles. The van der Waals surface area contributed by atoms with Crippen LogP contribution in [0.1, 0.15) is 27.6 Å². The van der Waals surface area contributed by atoms with Gasteiger partial charge in [0.15, 0.2) is 9.84 Å². The predicted octanol–water partition coefficient (Wildman–Crippen LogP) is -0.101. The summed E-state index contributed by atoms with van der Waals surface area (Å²) in [6.07, 6.45) is 0. The zero-order chi connectivity index (χ0) is 18.8. The maximum atomic E-state index is 13.9. The standard InChI is InChI=1S/C15H17FN2O6S/c1-9(14(20)18-4-6-25(23,24)7-5-18)17-13(19)11-3-2-10(15(21)22)8-12(11)16/h2-3,8-9H,4-7H2,1H3,(H,17,19)(H,21,22). The molecule has 0 radical (unpaired) electrons. The number of benzene rings is 1. The smallest absolute Gasteiger partial charge is 0.335 e. The van der Waals surface area contributed by atoms with E-state index in [1.54, 1.807) is 0 Å². The van der Waals surface area contributed by atoms with Crippen molar-refractivity contribution in [2.75, 3.05) is 24.6 Å². The van der Waals surface area contributed by atoms with E-state index < -0.39 is 39.5 Å². The summed E-state index contributed by atoms with van der Waals surface area (Å²) in [4.78, 5) is 36.4. The second-order valence-electron chi connectivity index (χ2n) is 5.67. The first-order valence-electron chi connectivity index (χ1n) is 7.43. The number of nitrogens with zero attached hydrogens (tertiary/aromatic N) is 1. The summed E-state index contributed by atoms with van der Waals surface area (Å²) in [5, 5.41) is 11.1. The Kier molecular flexibility index (Phi) is 5.41. The highest BCUT2D eigenvalue weighted by Crippen LogP contribution is 2.12. The van der Waals surface area contributed by atoms with Gasteiger partial charge < -0.3 is 15.3 Å². The molecule has 25 heavy (non-hydrogen) atoms. The van der Waals surface area contributed by atoms with Gasteiger partial charge >= 0.3 is 5.97 Å². The van der Waals surface area contributed by atoms with Crippen LogP contribution in [0.2, 0.25) is 0 Å². The van der Waals surface area contributed by atoms with E-state index in [-0.39, 0.29) is 35.7 Å². The van der Waals surface area contributed by atoms with E-state index in [1.165, 1.54) is 11.8 Å². The number of aromatic carboxylic acids is 1. The van der Waals surface area contributed by atoms with Crippen LogP contribution in [-0.4, -0.2) is 66.8 Å². The number of hydrogen-bond donors (Lipinski definition) is 2. The molecule has 1 aromatic rings. The van der Waals surface area contributed by atoms with E-state index in [0.717, 1.165) is 18.2 Å². The van der Waals surface area contributed by atoms with Crippen LogP contribution < -0.4 is 5.32 Å². The SMILES string of the molecule is CC(NC(=O)c1ccc(C(=O)O)cc1F)C(=O)N1CCS(=O)(=O)CC1. The first kappa shape index (κ1) is 18.8. The largest absolute Gasteiger partial charge is 0.478 e. The van der Waals surface area contributed by atoms with Gasteiger partial charge in [-0.25, -0.2) is 17.6 Å². The third-order valence-electron chi connectivity index (χ3n) is 3.83. The topological polar surface area (TPSA) is 121 Å². The second-order valence-corrected chi connectivity index (χ2v) is 7.98. The van der Waals surface area contributed by atoms with Gasteiger partial charge in [0.1, 0.15) is 11.9 Å². The van der Waals surface area contributed by atoms with E-state index in [9.17, 15) is 27.2 Å². The van der Waals surface area contributed by atoms with Crippen molar-refractivity contribution in [1.29, 1.82) is 0 Å². The predicted molar refractivity (Wildman–Crippen MR) is 85.5 cm³/mol. The minimum atomic E-state index is -3.14. The lowest BCUT2D eigenvalue weighted by Gasteiger charge is -2.29. The zero-order valence-corrected chi connectivity index (χ0v) is 14.2. The molecule has 0 saturated carbocycles. The molecule has 1 heterocycles. The Morgan fingerprint density at radius 2 is 1.84 bits per heavy atom. The number of carboxylic acids is 1. The number of rotatable bonds is 4. The molecule has 0 aromatic heterocycles. The highest BCUT2D eigenvalue weighted by atomic mass is 32.2. The Morgan fingerprint density at radius 1 is 1.24 bits per heavy atom. The van der Waals surface area contributed by atoms with E-state index in [2.05, 4.69) is 5.32 Å². The Bertz CT molecular complexity index is 809. The van der Waals surface area contributed by atoms with Crippen molar-refractivity contribution < 1.29 is 32.3 Å². The summed E-state index contributed by atoms with van der Waals surface area (Å²) < 4.78 is 36.6. The maximum absolute atomic E-state index is 13.9. The number of carbonyl (C=O) groups is 3. The van der Waals surface area contributed by atoms with Gasteiger partial charge in [-0.2, -0.15) is 0 Å². The normalized spacial score (nSPS) is 17.6. The third-order valence-corrected chi connectivity index (χ3v) is 5.44. The van der Waals surface area contributed by atoms with E-state index in [0.29, 0.717) is 0 Å². The number of nitrogens with one attached hydrogen (secondary N) is 1. The molecule has 0 aliphatic carbocycles. The molecule has 10 heteroatoms. The van der Waals surface area contributed by atoms with Crippen LogP contribution >= 0.6 is 0 Å². The quantitative estimate of drug-likeness (QED) is 0.761. The van der Waals surface area contributed by atoms with Crippen LogP contribution in [0.5, 0.6) is 0 Å². The first-order valence-corrected chi connectivity index (χ1v) is 9.26. The molecular formula is C15H17FN2O6S. The van der Waals surface area contributed by atoms with Crippen LogP contribution in [0.25, 0.3) is 0 Å². The van der Waals surface area contributed by atoms with Gasteiger partial charge in [-0.15, -0.1) is 0 Å². The summed E-state index contributed by atoms with van der Waals surface area (Å²) in [7, 11) is -3.14. The molecular weight excluding hydrogens is 355 g/mol. The van der Waals surface area contributed by atoms with Crippen molar-refractivity contribution in [1.82, 2.24) is 10.2 Å². The van der Waals surface area contributed by atoms with Crippen LogP contribution in [0.15, 0.2) is 18.2 Å². The van der Waals surface area contributed by atoms with Crippen LogP contribution in [0.4, 0.5) is 4.39 Å². The van der Waals surface area contributed by atoms with E-state index in [4.69, 9.17) is 5.11 Å². The zero-order valence-electron chi connectivity index (χ0n) is 13.4. The molecule has 0 bridgehead atoms. The summed E-state index contributed by atoms with van der Waals surface area (Å²) in [5.41, 5.74) is -0.682. The molecule has 2 rings (SSSR count). The number of hydrogen-bond acceptors (Lipinski definition) is 5. The fraction of sp³-hybridized carbons (Fsp3) is 0.400. The first-order chi connectivity index (χ1) is 11.6. The van der Waals surface area contributed by atoms with Gasteiger partial charge in [0.2, 0.25) is 5.91 Å². The molecule has 2 N–H and O–H groups in total. The minimum Gasteiger partial charge on any atom is -0.478 e. The minimum absolute atomic E-state index is 0.0447. The average Bonchev–Trinajstić information content (AvgIpc) is 2.53. The summed E-state index contributed by atoms with van der Waals surface area (Å²) >= 11 is 0. The number of halogens is 1. The molecule has 1 unspecified atom stereocenters. The molecule has 2 amide bonds. The molecule has 136 valence electrons. The lowest BCUT2D eigenvalue weighted by molar-refractivity contribution is -0.132. The Hall–Kier alpha value is -2.49. The van der Waals surface area contributed by atoms with Crippen LogP contribution in [0.3, 0.4) is 0 Å². The Balaban J connectivity index is 2.02. The van der Waals surface area contributed by atoms with Crippen molar-refractivity contribution >= 4 is 27.6 Å². The molecule has 1 atom stereocenters. The monoisotopic (exact) mass is 372 g/mol. The average molecular weight is 372 g/mol. The molecule has 1 fully saturated rings.